The Morgan fingerprint density at radius 3 is 2.56 bits per heavy atom. The maximum absolute atomic E-state index is 5.68. The molecule has 0 heterocycles. The van der Waals surface area contributed by atoms with Crippen LogP contribution in [-0.2, 0) is 11.2 Å². The van der Waals surface area contributed by atoms with Gasteiger partial charge in [0, 0.05) is 7.11 Å². The average molecular weight is 217 g/mol. The summed E-state index contributed by atoms with van der Waals surface area (Å²) in [6.45, 7) is 0. The molecule has 1 radical (unpaired) electrons. The Bertz CT molecular complexity index is 288. The van der Waals surface area contributed by atoms with E-state index in [0.29, 0.717) is 6.10 Å². The zero-order valence-corrected chi connectivity index (χ0v) is 10.1. The van der Waals surface area contributed by atoms with Crippen LogP contribution >= 0.6 is 0 Å². The lowest BCUT2D eigenvalue weighted by molar-refractivity contribution is 0.0369. The molecular weight excluding hydrogens is 196 g/mol. The first kappa shape index (κ1) is 11.7. The standard InChI is InChI=1S/C15H21O/c1-16-15(14-10-6-3-7-11-14)12-13-8-4-2-5-9-13/h4-5,8-9,14-15H,3,6-7,10-12H2,1H3. The Hall–Kier alpha value is -0.820. The molecule has 16 heavy (non-hydrogen) atoms. The van der Waals surface area contributed by atoms with Gasteiger partial charge in [0.15, 0.2) is 0 Å². The van der Waals surface area contributed by atoms with Crippen LogP contribution in [0.25, 0.3) is 0 Å². The molecule has 1 aromatic carbocycles. The Morgan fingerprint density at radius 2 is 1.94 bits per heavy atom. The summed E-state index contributed by atoms with van der Waals surface area (Å²) in [6.07, 6.45) is 8.32. The lowest BCUT2D eigenvalue weighted by Crippen LogP contribution is -2.27. The average Bonchev–Trinajstić information content (AvgIpc) is 2.38. The quantitative estimate of drug-likeness (QED) is 0.748. The lowest BCUT2D eigenvalue weighted by Gasteiger charge is -2.29. The smallest absolute Gasteiger partial charge is 0.0639 e. The monoisotopic (exact) mass is 217 g/mol. The molecule has 1 saturated carbocycles. The Morgan fingerprint density at radius 1 is 1.25 bits per heavy atom. The van der Waals surface area contributed by atoms with Crippen molar-refractivity contribution in [3.05, 3.63) is 35.9 Å². The fraction of sp³-hybridized carbons (Fsp3) is 0.600. The second-order valence-electron chi connectivity index (χ2n) is 4.78. The maximum Gasteiger partial charge on any atom is 0.0639 e. The Balaban J connectivity index is 1.94. The number of hydrogen-bond donors (Lipinski definition) is 0. The second kappa shape index (κ2) is 6.05. The molecule has 2 rings (SSSR count). The molecule has 1 aliphatic rings. The molecule has 0 bridgehead atoms. The van der Waals surface area contributed by atoms with Crippen LogP contribution in [0.1, 0.15) is 37.7 Å². The summed E-state index contributed by atoms with van der Waals surface area (Å²) < 4.78 is 5.68. The highest BCUT2D eigenvalue weighted by molar-refractivity contribution is 5.15. The minimum atomic E-state index is 0.405. The van der Waals surface area contributed by atoms with Crippen LogP contribution in [-0.4, -0.2) is 13.2 Å². The molecule has 1 aliphatic carbocycles. The highest BCUT2D eigenvalue weighted by atomic mass is 16.5. The predicted octanol–water partition coefficient (Wildman–Crippen LogP) is 3.62. The van der Waals surface area contributed by atoms with Gasteiger partial charge >= 0.3 is 0 Å². The van der Waals surface area contributed by atoms with E-state index in [9.17, 15) is 0 Å². The molecule has 1 heteroatoms. The third kappa shape index (κ3) is 3.08. The topological polar surface area (TPSA) is 9.23 Å². The van der Waals surface area contributed by atoms with E-state index in [0.717, 1.165) is 12.3 Å². The lowest BCUT2D eigenvalue weighted by atomic mass is 9.83. The van der Waals surface area contributed by atoms with Crippen molar-refractivity contribution in [2.24, 2.45) is 5.92 Å². The highest BCUT2D eigenvalue weighted by Gasteiger charge is 2.23. The van der Waals surface area contributed by atoms with Crippen molar-refractivity contribution < 1.29 is 4.74 Å². The van der Waals surface area contributed by atoms with E-state index in [-0.39, 0.29) is 0 Å². The number of rotatable bonds is 4. The molecule has 1 fully saturated rings. The maximum atomic E-state index is 5.68. The van der Waals surface area contributed by atoms with E-state index in [1.54, 1.807) is 0 Å². The van der Waals surface area contributed by atoms with Crippen molar-refractivity contribution in [3.63, 3.8) is 0 Å². The van der Waals surface area contributed by atoms with Gasteiger partial charge in [-0.3, -0.25) is 0 Å². The summed E-state index contributed by atoms with van der Waals surface area (Å²) in [7, 11) is 1.86. The summed E-state index contributed by atoms with van der Waals surface area (Å²) in [5.74, 6) is 0.767. The van der Waals surface area contributed by atoms with Crippen molar-refractivity contribution in [1.82, 2.24) is 0 Å². The molecule has 87 valence electrons. The van der Waals surface area contributed by atoms with Crippen LogP contribution in [0, 0.1) is 12.0 Å². The van der Waals surface area contributed by atoms with Gasteiger partial charge in [-0.25, -0.2) is 0 Å². The van der Waals surface area contributed by atoms with Gasteiger partial charge in [-0.05, 0) is 36.8 Å². The zero-order valence-electron chi connectivity index (χ0n) is 10.1. The second-order valence-corrected chi connectivity index (χ2v) is 4.78. The van der Waals surface area contributed by atoms with Gasteiger partial charge in [-0.2, -0.15) is 0 Å². The molecule has 1 atom stereocenters. The van der Waals surface area contributed by atoms with Crippen LogP contribution in [0.2, 0.25) is 0 Å². The third-order valence-electron chi connectivity index (χ3n) is 3.70. The number of benzene rings is 1. The van der Waals surface area contributed by atoms with Gasteiger partial charge < -0.3 is 4.74 Å². The van der Waals surface area contributed by atoms with Crippen molar-refractivity contribution in [2.45, 2.75) is 44.6 Å². The van der Waals surface area contributed by atoms with E-state index in [2.05, 4.69) is 18.2 Å². The van der Waals surface area contributed by atoms with E-state index in [4.69, 9.17) is 4.74 Å². The van der Waals surface area contributed by atoms with Gasteiger partial charge in [0.05, 0.1) is 6.10 Å². The molecule has 1 aromatic rings. The van der Waals surface area contributed by atoms with E-state index >= 15 is 0 Å². The molecule has 0 aromatic heterocycles. The van der Waals surface area contributed by atoms with E-state index in [1.165, 1.54) is 37.7 Å². The van der Waals surface area contributed by atoms with Gasteiger partial charge in [-0.1, -0.05) is 43.5 Å². The molecular formula is C15H21O. The SMILES string of the molecule is COC(Cc1cc[c]cc1)C1CCCCC1. The Labute approximate surface area is 98.8 Å². The summed E-state index contributed by atoms with van der Waals surface area (Å²) in [5, 5.41) is 0. The zero-order chi connectivity index (χ0) is 11.2. The largest absolute Gasteiger partial charge is 0.381 e. The van der Waals surface area contributed by atoms with Crippen LogP contribution in [0.5, 0.6) is 0 Å². The molecule has 0 amide bonds. The van der Waals surface area contributed by atoms with Crippen molar-refractivity contribution in [2.75, 3.05) is 7.11 Å². The minimum Gasteiger partial charge on any atom is -0.381 e. The van der Waals surface area contributed by atoms with Crippen LogP contribution in [0.15, 0.2) is 24.3 Å². The minimum absolute atomic E-state index is 0.405. The number of methoxy groups -OCH3 is 1. The fourth-order valence-electron chi connectivity index (χ4n) is 2.74. The number of ether oxygens (including phenoxy) is 1. The van der Waals surface area contributed by atoms with Gasteiger partial charge in [-0.15, -0.1) is 0 Å². The van der Waals surface area contributed by atoms with Gasteiger partial charge in [0.1, 0.15) is 0 Å². The summed E-state index contributed by atoms with van der Waals surface area (Å²) in [5.41, 5.74) is 1.37. The van der Waals surface area contributed by atoms with E-state index in [1.807, 2.05) is 19.2 Å². The molecule has 0 saturated heterocycles. The highest BCUT2D eigenvalue weighted by Crippen LogP contribution is 2.29. The molecule has 0 spiro atoms. The van der Waals surface area contributed by atoms with Crippen molar-refractivity contribution >= 4 is 0 Å². The fourth-order valence-corrected chi connectivity index (χ4v) is 2.74. The summed E-state index contributed by atoms with van der Waals surface area (Å²) in [4.78, 5) is 0. The summed E-state index contributed by atoms with van der Waals surface area (Å²) in [6, 6.07) is 11.3. The van der Waals surface area contributed by atoms with E-state index < -0.39 is 0 Å². The molecule has 1 nitrogen and oxygen atoms in total. The molecule has 0 aliphatic heterocycles. The van der Waals surface area contributed by atoms with Crippen molar-refractivity contribution in [3.8, 4) is 0 Å². The van der Waals surface area contributed by atoms with Gasteiger partial charge in [0.25, 0.3) is 0 Å². The summed E-state index contributed by atoms with van der Waals surface area (Å²) >= 11 is 0. The van der Waals surface area contributed by atoms with Crippen molar-refractivity contribution in [1.29, 1.82) is 0 Å². The van der Waals surface area contributed by atoms with Gasteiger partial charge in [0.2, 0.25) is 0 Å². The number of hydrogen-bond acceptors (Lipinski definition) is 1. The molecule has 0 N–H and O–H groups in total. The normalized spacial score (nSPS) is 19.6. The first-order valence-corrected chi connectivity index (χ1v) is 6.38. The van der Waals surface area contributed by atoms with Crippen LogP contribution in [0.3, 0.4) is 0 Å². The van der Waals surface area contributed by atoms with Crippen LogP contribution in [0.4, 0.5) is 0 Å². The third-order valence-corrected chi connectivity index (χ3v) is 3.70. The predicted molar refractivity (Wildman–Crippen MR) is 66.4 cm³/mol. The first-order valence-electron chi connectivity index (χ1n) is 6.38. The molecule has 1 unspecified atom stereocenters. The Kier molecular flexibility index (Phi) is 4.41. The van der Waals surface area contributed by atoms with Crippen LogP contribution < -0.4 is 0 Å². The first-order chi connectivity index (χ1) is 7.90.